The smallest absolute Gasteiger partial charge is 0.256 e. The number of ether oxygens (including phenoxy) is 4. The van der Waals surface area contributed by atoms with E-state index in [-0.39, 0.29) is 12.5 Å². The van der Waals surface area contributed by atoms with Crippen molar-refractivity contribution in [1.29, 1.82) is 0 Å². The van der Waals surface area contributed by atoms with Crippen LogP contribution in [0.2, 0.25) is 0 Å². The van der Waals surface area contributed by atoms with Crippen molar-refractivity contribution in [3.05, 3.63) is 65.5 Å². The van der Waals surface area contributed by atoms with Crippen LogP contribution in [-0.4, -0.2) is 57.9 Å². The number of carbonyl (C=O) groups is 2. The molecular weight excluding hydrogens is 374 g/mol. The molecule has 0 aliphatic heterocycles. The molecule has 0 heterocycles. The molecule has 0 bridgehead atoms. The molecule has 1 aliphatic carbocycles. The Kier molecular flexibility index (Phi) is 9.68. The van der Waals surface area contributed by atoms with Crippen LogP contribution >= 0.6 is 0 Å². The SMILES string of the molecule is COCCOCCOC1=CC=CCC(C(=O)N(C=O)Cc2ccc(OC)cc2)=C1. The van der Waals surface area contributed by atoms with Gasteiger partial charge in [-0.25, -0.2) is 0 Å². The van der Waals surface area contributed by atoms with Gasteiger partial charge < -0.3 is 18.9 Å². The Morgan fingerprint density at radius 2 is 1.86 bits per heavy atom. The second-order valence-electron chi connectivity index (χ2n) is 6.21. The summed E-state index contributed by atoms with van der Waals surface area (Å²) in [7, 11) is 3.20. The first-order valence-electron chi connectivity index (χ1n) is 9.34. The molecule has 0 radical (unpaired) electrons. The summed E-state index contributed by atoms with van der Waals surface area (Å²) >= 11 is 0. The average molecular weight is 401 g/mol. The Bertz CT molecular complexity index is 751. The van der Waals surface area contributed by atoms with E-state index < -0.39 is 0 Å². The Labute approximate surface area is 171 Å². The Morgan fingerprint density at radius 3 is 2.55 bits per heavy atom. The average Bonchev–Trinajstić information content (AvgIpc) is 3.00. The van der Waals surface area contributed by atoms with Gasteiger partial charge in [-0.05, 0) is 36.3 Å². The van der Waals surface area contributed by atoms with Crippen LogP contribution < -0.4 is 4.74 Å². The maximum atomic E-state index is 12.8. The summed E-state index contributed by atoms with van der Waals surface area (Å²) in [5, 5.41) is 0. The highest BCUT2D eigenvalue weighted by atomic mass is 16.5. The van der Waals surface area contributed by atoms with Gasteiger partial charge in [0.25, 0.3) is 5.91 Å². The molecule has 0 spiro atoms. The maximum Gasteiger partial charge on any atom is 0.256 e. The molecule has 2 amide bonds. The first kappa shape index (κ1) is 22.4. The van der Waals surface area contributed by atoms with E-state index in [4.69, 9.17) is 18.9 Å². The Balaban J connectivity index is 1.96. The number of rotatable bonds is 12. The highest BCUT2D eigenvalue weighted by Gasteiger charge is 2.19. The molecule has 0 N–H and O–H groups in total. The first-order valence-corrected chi connectivity index (χ1v) is 9.34. The fourth-order valence-corrected chi connectivity index (χ4v) is 2.61. The summed E-state index contributed by atoms with van der Waals surface area (Å²) in [4.78, 5) is 25.5. The van der Waals surface area contributed by atoms with E-state index in [1.807, 2.05) is 24.3 Å². The second-order valence-corrected chi connectivity index (χ2v) is 6.21. The third-order valence-corrected chi connectivity index (χ3v) is 4.15. The van der Waals surface area contributed by atoms with E-state index >= 15 is 0 Å². The van der Waals surface area contributed by atoms with E-state index in [9.17, 15) is 9.59 Å². The predicted octanol–water partition coefficient (Wildman–Crippen LogP) is 2.63. The molecule has 156 valence electrons. The lowest BCUT2D eigenvalue weighted by molar-refractivity contribution is -0.135. The molecule has 1 aromatic carbocycles. The molecule has 0 saturated heterocycles. The van der Waals surface area contributed by atoms with Crippen LogP contribution in [0.15, 0.2) is 59.9 Å². The molecule has 0 saturated carbocycles. The number of allylic oxidation sites excluding steroid dienone is 4. The summed E-state index contributed by atoms with van der Waals surface area (Å²) < 4.78 is 21.1. The van der Waals surface area contributed by atoms with Gasteiger partial charge in [-0.15, -0.1) is 0 Å². The number of imide groups is 1. The van der Waals surface area contributed by atoms with Crippen LogP contribution in [0.1, 0.15) is 12.0 Å². The molecule has 0 aromatic heterocycles. The van der Waals surface area contributed by atoms with Crippen LogP contribution in [-0.2, 0) is 30.3 Å². The highest BCUT2D eigenvalue weighted by Crippen LogP contribution is 2.18. The van der Waals surface area contributed by atoms with Crippen molar-refractivity contribution in [3.63, 3.8) is 0 Å². The standard InChI is InChI=1S/C22H27NO6/c1-26-11-12-28-13-14-29-21-6-4-3-5-19(15-21)22(25)23(17-24)16-18-7-9-20(27-2)10-8-18/h3-4,6-10,15,17H,5,11-14,16H2,1-2H3. The van der Waals surface area contributed by atoms with Crippen LogP contribution in [0.25, 0.3) is 0 Å². The van der Waals surface area contributed by atoms with Crippen LogP contribution in [0, 0.1) is 0 Å². The molecule has 1 aromatic rings. The second kappa shape index (κ2) is 12.5. The van der Waals surface area contributed by atoms with Crippen molar-refractivity contribution in [2.75, 3.05) is 40.6 Å². The normalized spacial score (nSPS) is 13.2. The first-order chi connectivity index (χ1) is 14.2. The van der Waals surface area contributed by atoms with Crippen LogP contribution in [0.5, 0.6) is 5.75 Å². The van der Waals surface area contributed by atoms with Crippen molar-refractivity contribution >= 4 is 12.3 Å². The molecule has 7 nitrogen and oxygen atoms in total. The summed E-state index contributed by atoms with van der Waals surface area (Å²) in [5.41, 5.74) is 1.31. The van der Waals surface area contributed by atoms with Gasteiger partial charge in [0.15, 0.2) is 0 Å². The van der Waals surface area contributed by atoms with E-state index in [1.54, 1.807) is 38.5 Å². The fourth-order valence-electron chi connectivity index (χ4n) is 2.61. The largest absolute Gasteiger partial charge is 0.497 e. The van der Waals surface area contributed by atoms with Gasteiger partial charge in [-0.1, -0.05) is 24.3 Å². The number of nitrogens with zero attached hydrogens (tertiary/aromatic N) is 1. The number of methoxy groups -OCH3 is 2. The number of carbonyl (C=O) groups excluding carboxylic acids is 2. The van der Waals surface area contributed by atoms with Crippen molar-refractivity contribution in [3.8, 4) is 5.75 Å². The van der Waals surface area contributed by atoms with Crippen LogP contribution in [0.4, 0.5) is 0 Å². The topological polar surface area (TPSA) is 74.3 Å². The van der Waals surface area contributed by atoms with Gasteiger partial charge in [0.1, 0.15) is 18.1 Å². The molecule has 1 aliphatic rings. The molecule has 7 heteroatoms. The lowest BCUT2D eigenvalue weighted by Gasteiger charge is -2.17. The van der Waals surface area contributed by atoms with Crippen molar-refractivity contribution < 1.29 is 28.5 Å². The van der Waals surface area contributed by atoms with E-state index in [2.05, 4.69) is 0 Å². The van der Waals surface area contributed by atoms with E-state index in [0.29, 0.717) is 56.3 Å². The molecule has 0 unspecified atom stereocenters. The Morgan fingerprint density at radius 1 is 1.10 bits per heavy atom. The molecule has 0 atom stereocenters. The maximum absolute atomic E-state index is 12.8. The molecule has 0 fully saturated rings. The quantitative estimate of drug-likeness (QED) is 0.396. The summed E-state index contributed by atoms with van der Waals surface area (Å²) in [6.45, 7) is 1.97. The summed E-state index contributed by atoms with van der Waals surface area (Å²) in [5.74, 6) is 0.911. The van der Waals surface area contributed by atoms with E-state index in [1.165, 1.54) is 0 Å². The van der Waals surface area contributed by atoms with Gasteiger partial charge in [0.2, 0.25) is 6.41 Å². The van der Waals surface area contributed by atoms with E-state index in [0.717, 1.165) is 10.5 Å². The van der Waals surface area contributed by atoms with Gasteiger partial charge in [0, 0.05) is 12.7 Å². The fraction of sp³-hybridized carbons (Fsp3) is 0.364. The Hall–Kier alpha value is -2.90. The number of hydrogen-bond acceptors (Lipinski definition) is 6. The number of amides is 2. The zero-order chi connectivity index (χ0) is 20.9. The summed E-state index contributed by atoms with van der Waals surface area (Å²) in [6, 6.07) is 7.23. The predicted molar refractivity (Wildman–Crippen MR) is 108 cm³/mol. The molecule has 29 heavy (non-hydrogen) atoms. The van der Waals surface area contributed by atoms with Gasteiger partial charge in [-0.3, -0.25) is 14.5 Å². The van der Waals surface area contributed by atoms with Crippen molar-refractivity contribution in [2.24, 2.45) is 0 Å². The number of hydrogen-bond donors (Lipinski definition) is 0. The zero-order valence-corrected chi connectivity index (χ0v) is 16.8. The van der Waals surface area contributed by atoms with Gasteiger partial charge >= 0.3 is 0 Å². The lowest BCUT2D eigenvalue weighted by atomic mass is 10.1. The lowest BCUT2D eigenvalue weighted by Crippen LogP contribution is -2.30. The zero-order valence-electron chi connectivity index (χ0n) is 16.8. The summed E-state index contributed by atoms with van der Waals surface area (Å²) in [6.07, 6.45) is 8.10. The van der Waals surface area contributed by atoms with Crippen LogP contribution in [0.3, 0.4) is 0 Å². The minimum absolute atomic E-state index is 0.181. The third kappa shape index (κ3) is 7.56. The van der Waals surface area contributed by atoms with Gasteiger partial charge in [-0.2, -0.15) is 0 Å². The minimum Gasteiger partial charge on any atom is -0.497 e. The molecular formula is C22H27NO6. The monoisotopic (exact) mass is 401 g/mol. The van der Waals surface area contributed by atoms with Gasteiger partial charge in [0.05, 0.1) is 33.5 Å². The van der Waals surface area contributed by atoms with Crippen molar-refractivity contribution in [2.45, 2.75) is 13.0 Å². The third-order valence-electron chi connectivity index (χ3n) is 4.15. The van der Waals surface area contributed by atoms with Crippen molar-refractivity contribution in [1.82, 2.24) is 4.90 Å². The number of benzene rings is 1. The minimum atomic E-state index is -0.354. The molecule has 2 rings (SSSR count). The highest BCUT2D eigenvalue weighted by molar-refractivity contribution is 5.99.